The zero-order valence-electron chi connectivity index (χ0n) is 21.5. The molecule has 0 spiro atoms. The van der Waals surface area contributed by atoms with Gasteiger partial charge in [0.05, 0.1) is 46.2 Å². The smallest absolute Gasteiger partial charge is 0.338 e. The standard InChI is InChI=1S/C27H28N4O5S3/c1-3-35-13-12-31-21-11-10-19(25(34)36-4-2)14-22(21)39-27(31)30-24(33)17-37-16-23(32)29-26-28-20(15-38-26)18-8-6-5-7-9-18/h5-11,14-15H,3-4,12-13,16-17H2,1-2H3,(H,28,29,32). The molecule has 0 aliphatic carbocycles. The van der Waals surface area contributed by atoms with Gasteiger partial charge in [0.1, 0.15) is 0 Å². The molecule has 9 nitrogen and oxygen atoms in total. The van der Waals surface area contributed by atoms with Crippen molar-refractivity contribution in [1.82, 2.24) is 9.55 Å². The number of nitrogens with one attached hydrogen (secondary N) is 1. The first-order chi connectivity index (χ1) is 19.0. The molecule has 12 heteroatoms. The van der Waals surface area contributed by atoms with Gasteiger partial charge in [-0.25, -0.2) is 9.78 Å². The van der Waals surface area contributed by atoms with E-state index in [2.05, 4.69) is 15.3 Å². The summed E-state index contributed by atoms with van der Waals surface area (Å²) in [5.41, 5.74) is 3.07. The minimum Gasteiger partial charge on any atom is -0.462 e. The third-order valence-electron chi connectivity index (χ3n) is 5.36. The van der Waals surface area contributed by atoms with E-state index in [1.807, 2.05) is 53.3 Å². The van der Waals surface area contributed by atoms with Gasteiger partial charge in [0.25, 0.3) is 5.91 Å². The van der Waals surface area contributed by atoms with Crippen molar-refractivity contribution in [2.45, 2.75) is 20.4 Å². The van der Waals surface area contributed by atoms with Crippen molar-refractivity contribution in [2.24, 2.45) is 4.99 Å². The van der Waals surface area contributed by atoms with Gasteiger partial charge in [0.2, 0.25) is 5.91 Å². The van der Waals surface area contributed by atoms with Crippen LogP contribution in [0.4, 0.5) is 5.13 Å². The third-order valence-corrected chi connectivity index (χ3v) is 8.07. The van der Waals surface area contributed by atoms with Crippen molar-refractivity contribution in [1.29, 1.82) is 0 Å². The number of thiazole rings is 2. The van der Waals surface area contributed by atoms with Crippen molar-refractivity contribution in [2.75, 3.05) is 36.6 Å². The first-order valence-electron chi connectivity index (χ1n) is 12.3. The molecule has 1 N–H and O–H groups in total. The highest BCUT2D eigenvalue weighted by Gasteiger charge is 2.14. The normalized spacial score (nSPS) is 11.6. The number of hydrogen-bond donors (Lipinski definition) is 1. The second-order valence-electron chi connectivity index (χ2n) is 8.09. The SMILES string of the molecule is CCOCCn1c(=NC(=O)CSCC(=O)Nc2nc(-c3ccccc3)cs2)sc2cc(C(=O)OCC)ccc21. The predicted octanol–water partition coefficient (Wildman–Crippen LogP) is 4.84. The summed E-state index contributed by atoms with van der Waals surface area (Å²) in [6.07, 6.45) is 0. The first-order valence-corrected chi connectivity index (χ1v) is 15.2. The number of thioether (sulfide) groups is 1. The largest absolute Gasteiger partial charge is 0.462 e. The van der Waals surface area contributed by atoms with E-state index in [9.17, 15) is 14.4 Å². The summed E-state index contributed by atoms with van der Waals surface area (Å²) in [5.74, 6) is -0.834. The molecule has 0 bridgehead atoms. The van der Waals surface area contributed by atoms with Gasteiger partial charge in [-0.05, 0) is 32.0 Å². The van der Waals surface area contributed by atoms with Gasteiger partial charge in [-0.2, -0.15) is 4.99 Å². The quantitative estimate of drug-likeness (QED) is 0.187. The summed E-state index contributed by atoms with van der Waals surface area (Å²) in [7, 11) is 0. The van der Waals surface area contributed by atoms with Crippen LogP contribution in [0.3, 0.4) is 0 Å². The van der Waals surface area contributed by atoms with Crippen LogP contribution in [-0.4, -0.2) is 58.7 Å². The summed E-state index contributed by atoms with van der Waals surface area (Å²) in [6, 6.07) is 15.0. The third kappa shape index (κ3) is 7.85. The molecule has 2 amide bonds. The number of esters is 1. The van der Waals surface area contributed by atoms with Gasteiger partial charge >= 0.3 is 5.97 Å². The summed E-state index contributed by atoms with van der Waals surface area (Å²) >= 11 is 3.86. The highest BCUT2D eigenvalue weighted by atomic mass is 32.2. The van der Waals surface area contributed by atoms with Gasteiger partial charge in [-0.1, -0.05) is 41.7 Å². The Morgan fingerprint density at radius 1 is 1.08 bits per heavy atom. The number of hydrogen-bond acceptors (Lipinski definition) is 9. The van der Waals surface area contributed by atoms with Crippen LogP contribution in [0.1, 0.15) is 24.2 Å². The number of ether oxygens (including phenoxy) is 2. The van der Waals surface area contributed by atoms with E-state index in [-0.39, 0.29) is 23.3 Å². The Bertz CT molecular complexity index is 1510. The maximum absolute atomic E-state index is 12.7. The van der Waals surface area contributed by atoms with E-state index in [1.54, 1.807) is 19.1 Å². The minimum atomic E-state index is -0.396. The van der Waals surface area contributed by atoms with Gasteiger partial charge in [-0.15, -0.1) is 23.1 Å². The molecule has 0 aliphatic rings. The second kappa shape index (κ2) is 14.2. The Labute approximate surface area is 237 Å². The number of rotatable bonds is 12. The fraction of sp³-hybridized carbons (Fsp3) is 0.296. The Kier molecular flexibility index (Phi) is 10.4. The predicted molar refractivity (Wildman–Crippen MR) is 156 cm³/mol. The first kappa shape index (κ1) is 28.7. The Hall–Kier alpha value is -3.32. The number of nitrogens with zero attached hydrogens (tertiary/aromatic N) is 3. The minimum absolute atomic E-state index is 0.0499. The molecule has 2 aromatic heterocycles. The molecule has 0 saturated carbocycles. The second-order valence-corrected chi connectivity index (χ2v) is 10.9. The van der Waals surface area contributed by atoms with Gasteiger partial charge in [0, 0.05) is 24.1 Å². The van der Waals surface area contributed by atoms with Crippen molar-refractivity contribution in [3.63, 3.8) is 0 Å². The lowest BCUT2D eigenvalue weighted by molar-refractivity contribution is -0.115. The van der Waals surface area contributed by atoms with E-state index in [1.165, 1.54) is 34.4 Å². The van der Waals surface area contributed by atoms with E-state index in [4.69, 9.17) is 9.47 Å². The molecular weight excluding hydrogens is 557 g/mol. The monoisotopic (exact) mass is 584 g/mol. The maximum Gasteiger partial charge on any atom is 0.338 e. The van der Waals surface area contributed by atoms with Crippen molar-refractivity contribution in [3.05, 3.63) is 64.3 Å². The molecule has 0 fully saturated rings. The fourth-order valence-corrected chi connectivity index (χ4v) is 6.06. The molecule has 4 rings (SSSR count). The van der Waals surface area contributed by atoms with Gasteiger partial charge < -0.3 is 19.4 Å². The number of benzene rings is 2. The average molecular weight is 585 g/mol. The van der Waals surface area contributed by atoms with Crippen molar-refractivity contribution >= 4 is 67.6 Å². The molecule has 4 aromatic rings. The maximum atomic E-state index is 12.7. The topological polar surface area (TPSA) is 112 Å². The lowest BCUT2D eigenvalue weighted by Crippen LogP contribution is -2.20. The average Bonchev–Trinajstić information content (AvgIpc) is 3.53. The molecule has 2 aromatic carbocycles. The molecule has 2 heterocycles. The molecular formula is C27H28N4O5S3. The number of carbonyl (C=O) groups excluding carboxylic acids is 3. The molecule has 204 valence electrons. The number of amides is 2. The van der Waals surface area contributed by atoms with Crippen LogP contribution in [-0.2, 0) is 25.6 Å². The Balaban J connectivity index is 1.39. The van der Waals surface area contributed by atoms with Crippen LogP contribution in [0, 0.1) is 0 Å². The van der Waals surface area contributed by atoms with Crippen LogP contribution in [0.25, 0.3) is 21.5 Å². The summed E-state index contributed by atoms with van der Waals surface area (Å²) in [4.78, 5) is 46.5. The van der Waals surface area contributed by atoms with Crippen LogP contribution in [0.15, 0.2) is 58.9 Å². The zero-order chi connectivity index (χ0) is 27.6. The van der Waals surface area contributed by atoms with E-state index < -0.39 is 5.97 Å². The van der Waals surface area contributed by atoms with E-state index in [0.717, 1.165) is 21.5 Å². The number of aromatic nitrogens is 2. The number of fused-ring (bicyclic) bond motifs is 1. The van der Waals surface area contributed by atoms with Crippen LogP contribution in [0.5, 0.6) is 0 Å². The summed E-state index contributed by atoms with van der Waals surface area (Å²) in [5, 5.41) is 5.19. The van der Waals surface area contributed by atoms with Crippen LogP contribution in [0.2, 0.25) is 0 Å². The highest BCUT2D eigenvalue weighted by Crippen LogP contribution is 2.25. The molecule has 0 atom stereocenters. The van der Waals surface area contributed by atoms with E-state index >= 15 is 0 Å². The summed E-state index contributed by atoms with van der Waals surface area (Å²) in [6.45, 7) is 5.51. The van der Waals surface area contributed by atoms with Crippen molar-refractivity contribution < 1.29 is 23.9 Å². The zero-order valence-corrected chi connectivity index (χ0v) is 24.0. The summed E-state index contributed by atoms with van der Waals surface area (Å²) < 4.78 is 13.3. The van der Waals surface area contributed by atoms with Gasteiger partial charge in [-0.3, -0.25) is 9.59 Å². The van der Waals surface area contributed by atoms with Crippen molar-refractivity contribution in [3.8, 4) is 11.3 Å². The Morgan fingerprint density at radius 2 is 1.90 bits per heavy atom. The number of carbonyl (C=O) groups is 3. The lowest BCUT2D eigenvalue weighted by Gasteiger charge is -2.06. The Morgan fingerprint density at radius 3 is 2.67 bits per heavy atom. The highest BCUT2D eigenvalue weighted by molar-refractivity contribution is 8.00. The lowest BCUT2D eigenvalue weighted by atomic mass is 10.2. The van der Waals surface area contributed by atoms with Crippen LogP contribution < -0.4 is 10.1 Å². The number of anilines is 1. The molecule has 39 heavy (non-hydrogen) atoms. The van der Waals surface area contributed by atoms with Gasteiger partial charge in [0.15, 0.2) is 9.93 Å². The molecule has 0 saturated heterocycles. The van der Waals surface area contributed by atoms with Crippen LogP contribution >= 0.6 is 34.4 Å². The molecule has 0 aliphatic heterocycles. The molecule has 0 radical (unpaired) electrons. The fourth-order valence-electron chi connectivity index (χ4n) is 3.61. The molecule has 0 unspecified atom stereocenters. The van der Waals surface area contributed by atoms with E-state index in [0.29, 0.717) is 41.9 Å².